The van der Waals surface area contributed by atoms with Crippen molar-refractivity contribution in [1.29, 1.82) is 0 Å². The number of halogens is 1. The number of hydrogen-bond donors (Lipinski definition) is 1. The zero-order valence-electron chi connectivity index (χ0n) is 10.5. The van der Waals surface area contributed by atoms with Crippen molar-refractivity contribution in [2.24, 2.45) is 0 Å². The molecule has 0 atom stereocenters. The molecular formula is C15H14ClNO2. The first-order chi connectivity index (χ1) is 9.19. The molecule has 3 nitrogen and oxygen atoms in total. The lowest BCUT2D eigenvalue weighted by Crippen LogP contribution is -2.14. The minimum absolute atomic E-state index is 0.0765. The van der Waals surface area contributed by atoms with E-state index >= 15 is 0 Å². The smallest absolute Gasteiger partial charge is 0.228 e. The number of benzene rings is 2. The first kappa shape index (κ1) is 13.4. The van der Waals surface area contributed by atoms with E-state index in [-0.39, 0.29) is 5.91 Å². The summed E-state index contributed by atoms with van der Waals surface area (Å²) in [7, 11) is 1.55. The molecule has 0 fully saturated rings. The van der Waals surface area contributed by atoms with Crippen molar-refractivity contribution in [3.05, 3.63) is 59.1 Å². The van der Waals surface area contributed by atoms with Crippen LogP contribution in [0.5, 0.6) is 5.75 Å². The number of amides is 1. The van der Waals surface area contributed by atoms with Crippen LogP contribution in [-0.2, 0) is 11.2 Å². The summed E-state index contributed by atoms with van der Waals surface area (Å²) in [6.07, 6.45) is 0.338. The van der Waals surface area contributed by atoms with E-state index in [2.05, 4.69) is 5.32 Å². The van der Waals surface area contributed by atoms with Gasteiger partial charge in [0.05, 0.1) is 18.6 Å². The molecule has 0 aliphatic heterocycles. The first-order valence-corrected chi connectivity index (χ1v) is 6.24. The summed E-state index contributed by atoms with van der Waals surface area (Å²) in [6, 6.07) is 14.7. The Labute approximate surface area is 117 Å². The van der Waals surface area contributed by atoms with Gasteiger partial charge in [0.15, 0.2) is 0 Å². The fourth-order valence-corrected chi connectivity index (χ4v) is 1.99. The molecule has 0 aromatic heterocycles. The number of ether oxygens (including phenoxy) is 1. The van der Waals surface area contributed by atoms with Crippen molar-refractivity contribution in [3.63, 3.8) is 0 Å². The van der Waals surface area contributed by atoms with Gasteiger partial charge < -0.3 is 10.1 Å². The van der Waals surface area contributed by atoms with Gasteiger partial charge in [0.2, 0.25) is 5.91 Å². The summed E-state index contributed by atoms with van der Waals surface area (Å²) in [5.74, 6) is 0.509. The minimum Gasteiger partial charge on any atom is -0.495 e. The van der Waals surface area contributed by atoms with Crippen LogP contribution in [0.2, 0.25) is 5.02 Å². The third-order valence-corrected chi connectivity index (χ3v) is 2.94. The van der Waals surface area contributed by atoms with Crippen LogP contribution in [0.25, 0.3) is 0 Å². The van der Waals surface area contributed by atoms with Crippen LogP contribution >= 0.6 is 11.6 Å². The number of hydrogen-bond acceptors (Lipinski definition) is 2. The monoisotopic (exact) mass is 275 g/mol. The van der Waals surface area contributed by atoms with Crippen LogP contribution in [0.3, 0.4) is 0 Å². The van der Waals surface area contributed by atoms with Gasteiger partial charge >= 0.3 is 0 Å². The highest BCUT2D eigenvalue weighted by atomic mass is 35.5. The molecule has 98 valence electrons. The van der Waals surface area contributed by atoms with E-state index < -0.39 is 0 Å². The number of methoxy groups -OCH3 is 1. The molecule has 0 aliphatic carbocycles. The fraction of sp³-hybridized carbons (Fsp3) is 0.133. The molecule has 1 N–H and O–H groups in total. The molecule has 0 bridgehead atoms. The summed E-state index contributed by atoms with van der Waals surface area (Å²) < 4.78 is 5.06. The lowest BCUT2D eigenvalue weighted by atomic mass is 10.1. The second-order valence-electron chi connectivity index (χ2n) is 4.06. The normalized spacial score (nSPS) is 10.0. The summed E-state index contributed by atoms with van der Waals surface area (Å²) >= 11 is 6.00. The predicted octanol–water partition coefficient (Wildman–Crippen LogP) is 3.53. The van der Waals surface area contributed by atoms with Crippen molar-refractivity contribution in [2.45, 2.75) is 6.42 Å². The van der Waals surface area contributed by atoms with E-state index in [0.717, 1.165) is 5.56 Å². The van der Waals surface area contributed by atoms with Gasteiger partial charge in [0, 0.05) is 5.69 Å². The number of carbonyl (C=O) groups excluding carboxylic acids is 1. The average Bonchev–Trinajstić information content (AvgIpc) is 2.40. The van der Waals surface area contributed by atoms with E-state index in [9.17, 15) is 4.79 Å². The molecule has 4 heteroatoms. The zero-order valence-corrected chi connectivity index (χ0v) is 11.3. The highest BCUT2D eigenvalue weighted by Crippen LogP contribution is 2.27. The van der Waals surface area contributed by atoms with Crippen LogP contribution in [0.1, 0.15) is 5.56 Å². The number of carbonyl (C=O) groups is 1. The average molecular weight is 276 g/mol. The highest BCUT2D eigenvalue weighted by Gasteiger charge is 2.06. The lowest BCUT2D eigenvalue weighted by Gasteiger charge is -2.08. The first-order valence-electron chi connectivity index (χ1n) is 5.86. The minimum atomic E-state index is -0.0765. The number of nitrogens with one attached hydrogen (secondary N) is 1. The van der Waals surface area contributed by atoms with Crippen molar-refractivity contribution >= 4 is 23.2 Å². The van der Waals surface area contributed by atoms with Crippen LogP contribution < -0.4 is 10.1 Å². The van der Waals surface area contributed by atoms with Crippen LogP contribution in [-0.4, -0.2) is 13.0 Å². The second-order valence-corrected chi connectivity index (χ2v) is 4.47. The maximum Gasteiger partial charge on any atom is 0.228 e. The number of anilines is 1. The molecule has 0 spiro atoms. The standard InChI is InChI=1S/C15H14ClNO2/c1-19-14-8-7-12(10-13(14)16)17-15(18)9-11-5-3-2-4-6-11/h2-8,10H,9H2,1H3,(H,17,18). The van der Waals surface area contributed by atoms with Gasteiger partial charge in [-0.3, -0.25) is 4.79 Å². The Morgan fingerprint density at radius 3 is 2.58 bits per heavy atom. The van der Waals surface area contributed by atoms with Gasteiger partial charge in [-0.1, -0.05) is 41.9 Å². The number of rotatable bonds is 4. The van der Waals surface area contributed by atoms with E-state index in [4.69, 9.17) is 16.3 Å². The Morgan fingerprint density at radius 2 is 1.95 bits per heavy atom. The Balaban J connectivity index is 2.01. The van der Waals surface area contributed by atoms with Gasteiger partial charge in [-0.15, -0.1) is 0 Å². The second kappa shape index (κ2) is 6.25. The third kappa shape index (κ3) is 3.73. The largest absolute Gasteiger partial charge is 0.495 e. The molecule has 2 aromatic rings. The fourth-order valence-electron chi connectivity index (χ4n) is 1.73. The molecule has 0 radical (unpaired) electrons. The molecule has 2 rings (SSSR count). The molecule has 0 unspecified atom stereocenters. The van der Waals surface area contributed by atoms with Crippen LogP contribution in [0.15, 0.2) is 48.5 Å². The zero-order chi connectivity index (χ0) is 13.7. The van der Waals surface area contributed by atoms with Crippen LogP contribution in [0, 0.1) is 0 Å². The van der Waals surface area contributed by atoms with Gasteiger partial charge in [-0.2, -0.15) is 0 Å². The molecule has 0 saturated carbocycles. The molecule has 19 heavy (non-hydrogen) atoms. The van der Waals surface area contributed by atoms with E-state index in [0.29, 0.717) is 22.9 Å². The van der Waals surface area contributed by atoms with Crippen LogP contribution in [0.4, 0.5) is 5.69 Å². The Bertz CT molecular complexity index is 570. The Kier molecular flexibility index (Phi) is 4.42. The van der Waals surface area contributed by atoms with Crippen molar-refractivity contribution in [3.8, 4) is 5.75 Å². The van der Waals surface area contributed by atoms with E-state index in [1.165, 1.54) is 0 Å². The summed E-state index contributed by atoms with van der Waals surface area (Å²) in [6.45, 7) is 0. The van der Waals surface area contributed by atoms with Crippen molar-refractivity contribution in [1.82, 2.24) is 0 Å². The highest BCUT2D eigenvalue weighted by molar-refractivity contribution is 6.32. The summed E-state index contributed by atoms with van der Waals surface area (Å²) in [4.78, 5) is 11.9. The molecule has 1 amide bonds. The Morgan fingerprint density at radius 1 is 1.21 bits per heavy atom. The summed E-state index contributed by atoms with van der Waals surface area (Å²) in [5, 5.41) is 3.28. The molecule has 0 saturated heterocycles. The third-order valence-electron chi connectivity index (χ3n) is 2.64. The topological polar surface area (TPSA) is 38.3 Å². The van der Waals surface area contributed by atoms with Crippen molar-refractivity contribution in [2.75, 3.05) is 12.4 Å². The van der Waals surface area contributed by atoms with E-state index in [1.54, 1.807) is 25.3 Å². The quantitative estimate of drug-likeness (QED) is 0.927. The Hall–Kier alpha value is -2.00. The molecule has 2 aromatic carbocycles. The maximum atomic E-state index is 11.9. The summed E-state index contributed by atoms with van der Waals surface area (Å²) in [5.41, 5.74) is 1.63. The molecule has 0 aliphatic rings. The molecule has 0 heterocycles. The van der Waals surface area contributed by atoms with Gasteiger partial charge in [0.25, 0.3) is 0 Å². The lowest BCUT2D eigenvalue weighted by molar-refractivity contribution is -0.115. The maximum absolute atomic E-state index is 11.9. The van der Waals surface area contributed by atoms with Gasteiger partial charge in [-0.05, 0) is 23.8 Å². The van der Waals surface area contributed by atoms with Gasteiger partial charge in [-0.25, -0.2) is 0 Å². The predicted molar refractivity (Wildman–Crippen MR) is 76.8 cm³/mol. The SMILES string of the molecule is COc1ccc(NC(=O)Cc2ccccc2)cc1Cl. The van der Waals surface area contributed by atoms with E-state index in [1.807, 2.05) is 30.3 Å². The van der Waals surface area contributed by atoms with Gasteiger partial charge in [0.1, 0.15) is 5.75 Å². The van der Waals surface area contributed by atoms with Crippen molar-refractivity contribution < 1.29 is 9.53 Å². The molecular weight excluding hydrogens is 262 g/mol.